The average molecular weight is 289 g/mol. The van der Waals surface area contributed by atoms with Crippen LogP contribution in [0.25, 0.3) is 0 Å². The molecule has 5 heteroatoms. The molecule has 2 amide bonds. The van der Waals surface area contributed by atoms with Gasteiger partial charge in [0, 0.05) is 22.6 Å². The number of urea groups is 1. The Morgan fingerprint density at radius 1 is 1.15 bits per heavy atom. The summed E-state index contributed by atoms with van der Waals surface area (Å²) in [6.45, 7) is 4.28. The zero-order valence-corrected chi connectivity index (χ0v) is 12.4. The van der Waals surface area contributed by atoms with E-state index in [4.69, 9.17) is 5.73 Å². The second-order valence-corrected chi connectivity index (χ2v) is 5.72. The number of hydrogen-bond acceptors (Lipinski definition) is 3. The first-order valence-corrected chi connectivity index (χ1v) is 7.40. The van der Waals surface area contributed by atoms with Gasteiger partial charge in [-0.25, -0.2) is 4.79 Å². The summed E-state index contributed by atoms with van der Waals surface area (Å²) in [6, 6.07) is 11.9. The number of rotatable bonds is 5. The fourth-order valence-electron chi connectivity index (χ4n) is 2.09. The number of nitrogens with two attached hydrogens (primary N) is 1. The Morgan fingerprint density at radius 3 is 2.40 bits per heavy atom. The number of thiophene rings is 1. The number of hydrogen-bond donors (Lipinski definition) is 3. The summed E-state index contributed by atoms with van der Waals surface area (Å²) in [5.74, 6) is 0. The van der Waals surface area contributed by atoms with Gasteiger partial charge in [0.2, 0.25) is 0 Å². The summed E-state index contributed by atoms with van der Waals surface area (Å²) in [7, 11) is 0. The van der Waals surface area contributed by atoms with Crippen LogP contribution < -0.4 is 16.4 Å². The van der Waals surface area contributed by atoms with E-state index in [0.717, 1.165) is 0 Å². The number of carbonyl (C=O) groups excluding carboxylic acids is 1. The van der Waals surface area contributed by atoms with Crippen molar-refractivity contribution in [1.29, 1.82) is 0 Å². The monoisotopic (exact) mass is 289 g/mol. The van der Waals surface area contributed by atoms with Crippen molar-refractivity contribution in [3.63, 3.8) is 0 Å². The van der Waals surface area contributed by atoms with Gasteiger partial charge in [0.25, 0.3) is 0 Å². The second kappa shape index (κ2) is 6.54. The fraction of sp³-hybridized carbons (Fsp3) is 0.267. The smallest absolute Gasteiger partial charge is 0.316 e. The molecule has 0 spiro atoms. The summed E-state index contributed by atoms with van der Waals surface area (Å²) < 4.78 is 0. The molecule has 2 atom stereocenters. The lowest BCUT2D eigenvalue weighted by Gasteiger charge is -2.19. The number of amides is 2. The van der Waals surface area contributed by atoms with Crippen molar-refractivity contribution in [2.45, 2.75) is 25.9 Å². The van der Waals surface area contributed by atoms with Crippen LogP contribution in [0.15, 0.2) is 41.8 Å². The summed E-state index contributed by atoms with van der Waals surface area (Å²) in [6.07, 6.45) is 0. The van der Waals surface area contributed by atoms with Gasteiger partial charge >= 0.3 is 6.03 Å². The first-order chi connectivity index (χ1) is 9.56. The zero-order chi connectivity index (χ0) is 14.5. The third kappa shape index (κ3) is 3.82. The lowest BCUT2D eigenvalue weighted by atomic mass is 10.1. The fourth-order valence-corrected chi connectivity index (χ4v) is 2.83. The van der Waals surface area contributed by atoms with E-state index in [-0.39, 0.29) is 6.04 Å². The molecule has 0 radical (unpaired) electrons. The molecule has 0 saturated carbocycles. The van der Waals surface area contributed by atoms with Gasteiger partial charge in [-0.05, 0) is 43.0 Å². The number of carbonyl (C=O) groups is 1. The highest BCUT2D eigenvalue weighted by Crippen LogP contribution is 2.23. The van der Waals surface area contributed by atoms with Gasteiger partial charge in [-0.15, -0.1) is 11.3 Å². The van der Waals surface area contributed by atoms with Crippen molar-refractivity contribution >= 4 is 23.1 Å². The first kappa shape index (κ1) is 14.6. The number of primary amides is 1. The highest BCUT2D eigenvalue weighted by atomic mass is 32.1. The zero-order valence-electron chi connectivity index (χ0n) is 11.6. The van der Waals surface area contributed by atoms with E-state index in [0.29, 0.717) is 11.7 Å². The predicted molar refractivity (Wildman–Crippen MR) is 83.9 cm³/mol. The molecule has 4 N–H and O–H groups in total. The molecule has 0 aliphatic carbocycles. The average Bonchev–Trinajstić information content (AvgIpc) is 2.92. The molecule has 4 nitrogen and oxygen atoms in total. The van der Waals surface area contributed by atoms with E-state index >= 15 is 0 Å². The number of anilines is 1. The highest BCUT2D eigenvalue weighted by Gasteiger charge is 2.11. The van der Waals surface area contributed by atoms with Crippen molar-refractivity contribution in [2.75, 3.05) is 5.32 Å². The van der Waals surface area contributed by atoms with E-state index in [9.17, 15) is 4.79 Å². The molecular formula is C15H19N3OS. The van der Waals surface area contributed by atoms with Gasteiger partial charge in [-0.1, -0.05) is 18.2 Å². The first-order valence-electron chi connectivity index (χ1n) is 6.52. The van der Waals surface area contributed by atoms with E-state index < -0.39 is 6.03 Å². The van der Waals surface area contributed by atoms with E-state index in [1.165, 1.54) is 10.4 Å². The van der Waals surface area contributed by atoms with Crippen molar-refractivity contribution in [1.82, 2.24) is 5.32 Å². The summed E-state index contributed by atoms with van der Waals surface area (Å²) in [4.78, 5) is 12.1. The molecule has 2 rings (SSSR count). The Bertz CT molecular complexity index is 551. The van der Waals surface area contributed by atoms with Crippen LogP contribution >= 0.6 is 11.3 Å². The molecule has 2 aromatic rings. The van der Waals surface area contributed by atoms with E-state index in [1.54, 1.807) is 11.3 Å². The quantitative estimate of drug-likeness (QED) is 0.786. The maximum absolute atomic E-state index is 10.8. The van der Waals surface area contributed by atoms with E-state index in [1.807, 2.05) is 24.3 Å². The topological polar surface area (TPSA) is 67.2 Å². The maximum atomic E-state index is 10.8. The highest BCUT2D eigenvalue weighted by molar-refractivity contribution is 7.10. The molecule has 0 aliphatic heterocycles. The van der Waals surface area contributed by atoms with Gasteiger partial charge in [0.15, 0.2) is 0 Å². The number of nitrogens with one attached hydrogen (secondary N) is 2. The van der Waals surface area contributed by atoms with Crippen LogP contribution in [0.5, 0.6) is 0 Å². The van der Waals surface area contributed by atoms with Crippen LogP contribution in [-0.4, -0.2) is 6.03 Å². The van der Waals surface area contributed by atoms with Crippen molar-refractivity contribution in [2.24, 2.45) is 5.73 Å². The normalized spacial score (nSPS) is 13.7. The minimum absolute atomic E-state index is 0.231. The second-order valence-electron chi connectivity index (χ2n) is 4.74. The standard InChI is InChI=1S/C15H19N3OS/c1-10(17-11(2)14-4-3-9-20-14)12-5-7-13(8-6-12)18-15(16)19/h3-11,17H,1-2H3,(H3,16,18,19). The van der Waals surface area contributed by atoms with Crippen LogP contribution in [0.1, 0.15) is 36.4 Å². The molecule has 0 saturated heterocycles. The largest absolute Gasteiger partial charge is 0.351 e. The van der Waals surface area contributed by atoms with Crippen LogP contribution in [0.4, 0.5) is 10.5 Å². The van der Waals surface area contributed by atoms with Crippen LogP contribution in [0.2, 0.25) is 0 Å². The van der Waals surface area contributed by atoms with Gasteiger partial charge < -0.3 is 16.4 Å². The molecule has 0 bridgehead atoms. The lowest BCUT2D eigenvalue weighted by molar-refractivity contribution is 0.259. The van der Waals surface area contributed by atoms with E-state index in [2.05, 4.69) is 42.0 Å². The van der Waals surface area contributed by atoms with Gasteiger partial charge in [-0.3, -0.25) is 0 Å². The molecule has 2 unspecified atom stereocenters. The Balaban J connectivity index is 1.98. The molecule has 1 aromatic heterocycles. The summed E-state index contributed by atoms with van der Waals surface area (Å²) in [5, 5.41) is 8.20. The molecule has 0 aliphatic rings. The van der Waals surface area contributed by atoms with Crippen LogP contribution in [0.3, 0.4) is 0 Å². The molecule has 106 valence electrons. The molecule has 1 aromatic carbocycles. The SMILES string of the molecule is CC(NC(C)c1cccs1)c1ccc(NC(N)=O)cc1. The Labute approximate surface area is 123 Å². The Kier molecular flexibility index (Phi) is 4.76. The van der Waals surface area contributed by atoms with Crippen LogP contribution in [-0.2, 0) is 0 Å². The van der Waals surface area contributed by atoms with Crippen molar-refractivity contribution < 1.29 is 4.79 Å². The van der Waals surface area contributed by atoms with Crippen molar-refractivity contribution in [3.05, 3.63) is 52.2 Å². The van der Waals surface area contributed by atoms with Crippen molar-refractivity contribution in [3.8, 4) is 0 Å². The Morgan fingerprint density at radius 2 is 1.85 bits per heavy atom. The molecule has 1 heterocycles. The van der Waals surface area contributed by atoms with Gasteiger partial charge in [0.1, 0.15) is 0 Å². The third-order valence-corrected chi connectivity index (χ3v) is 4.20. The van der Waals surface area contributed by atoms with Gasteiger partial charge in [-0.2, -0.15) is 0 Å². The summed E-state index contributed by atoms with van der Waals surface area (Å²) in [5.41, 5.74) is 6.96. The molecule has 0 fully saturated rings. The minimum atomic E-state index is -0.546. The van der Waals surface area contributed by atoms with Gasteiger partial charge in [0.05, 0.1) is 0 Å². The molecular weight excluding hydrogens is 270 g/mol. The molecule has 20 heavy (non-hydrogen) atoms. The summed E-state index contributed by atoms with van der Waals surface area (Å²) >= 11 is 1.75. The Hall–Kier alpha value is -1.85. The minimum Gasteiger partial charge on any atom is -0.351 e. The number of benzene rings is 1. The lowest BCUT2D eigenvalue weighted by Crippen LogP contribution is -2.22. The third-order valence-electron chi connectivity index (χ3n) is 3.15. The maximum Gasteiger partial charge on any atom is 0.316 e. The van der Waals surface area contributed by atoms with Crippen LogP contribution in [0, 0.1) is 0 Å². The predicted octanol–water partition coefficient (Wildman–Crippen LogP) is 3.65.